The van der Waals surface area contributed by atoms with Crippen LogP contribution < -0.4 is 0 Å². The fourth-order valence-corrected chi connectivity index (χ4v) is 3.89. The molecule has 0 spiro atoms. The Hall–Kier alpha value is -1.06. The van der Waals surface area contributed by atoms with E-state index in [1.54, 1.807) is 11.3 Å². The van der Waals surface area contributed by atoms with Crippen molar-refractivity contribution in [3.05, 3.63) is 34.6 Å². The van der Waals surface area contributed by atoms with Gasteiger partial charge in [0.1, 0.15) is 0 Å². The molecule has 0 atom stereocenters. The molecule has 1 aliphatic carbocycles. The number of imidazole rings is 1. The summed E-state index contributed by atoms with van der Waals surface area (Å²) in [6, 6.07) is 6.09. The molecule has 86 valence electrons. The Morgan fingerprint density at radius 3 is 3.06 bits per heavy atom. The highest BCUT2D eigenvalue weighted by atomic mass is 35.5. The molecule has 1 aromatic carbocycles. The van der Waals surface area contributed by atoms with Gasteiger partial charge in [-0.15, -0.1) is 0 Å². The van der Waals surface area contributed by atoms with Gasteiger partial charge in [-0.05, 0) is 43.9 Å². The zero-order valence-corrected chi connectivity index (χ0v) is 10.8. The van der Waals surface area contributed by atoms with Crippen LogP contribution in [0.3, 0.4) is 0 Å². The summed E-state index contributed by atoms with van der Waals surface area (Å²) in [6.07, 6.45) is 4.83. The first-order chi connectivity index (χ1) is 8.33. The standard InChI is InChI=1S/C13H11ClN2S/c14-8-5-6-12-11(7-8)16-10-4-2-1-3-9(10)15-13(16)17-12/h5-7H,1-4H2. The summed E-state index contributed by atoms with van der Waals surface area (Å²) in [5.41, 5.74) is 3.91. The van der Waals surface area contributed by atoms with Crippen molar-refractivity contribution in [3.8, 4) is 0 Å². The lowest BCUT2D eigenvalue weighted by molar-refractivity contribution is 0.662. The minimum Gasteiger partial charge on any atom is -0.287 e. The van der Waals surface area contributed by atoms with Gasteiger partial charge in [0, 0.05) is 10.7 Å². The number of aryl methyl sites for hydroxylation is 2. The highest BCUT2D eigenvalue weighted by molar-refractivity contribution is 7.23. The first-order valence-corrected chi connectivity index (χ1v) is 7.10. The molecule has 3 aromatic rings. The van der Waals surface area contributed by atoms with Crippen molar-refractivity contribution in [2.75, 3.05) is 0 Å². The fourth-order valence-electron chi connectivity index (χ4n) is 2.68. The zero-order valence-electron chi connectivity index (χ0n) is 9.24. The van der Waals surface area contributed by atoms with Gasteiger partial charge in [0.05, 0.1) is 15.9 Å². The Kier molecular flexibility index (Phi) is 2.02. The van der Waals surface area contributed by atoms with Gasteiger partial charge in [-0.2, -0.15) is 0 Å². The van der Waals surface area contributed by atoms with Crippen molar-refractivity contribution < 1.29 is 0 Å². The lowest BCUT2D eigenvalue weighted by atomic mass is 10.0. The Labute approximate surface area is 108 Å². The van der Waals surface area contributed by atoms with E-state index >= 15 is 0 Å². The molecular formula is C13H11ClN2S. The molecule has 0 N–H and O–H groups in total. The molecule has 2 nitrogen and oxygen atoms in total. The lowest BCUT2D eigenvalue weighted by Crippen LogP contribution is -2.03. The maximum Gasteiger partial charge on any atom is 0.195 e. The second kappa shape index (κ2) is 3.47. The van der Waals surface area contributed by atoms with Crippen LogP contribution in [0.15, 0.2) is 18.2 Å². The molecule has 2 aromatic heterocycles. The van der Waals surface area contributed by atoms with Crippen molar-refractivity contribution in [2.45, 2.75) is 25.7 Å². The fraction of sp³-hybridized carbons (Fsp3) is 0.308. The monoisotopic (exact) mass is 262 g/mol. The number of thiazole rings is 1. The molecule has 0 unspecified atom stereocenters. The van der Waals surface area contributed by atoms with E-state index in [-0.39, 0.29) is 0 Å². The molecule has 0 aliphatic heterocycles. The predicted octanol–water partition coefficient (Wildman–Crippen LogP) is 4.08. The Balaban J connectivity index is 2.16. The molecule has 0 amide bonds. The second-order valence-electron chi connectivity index (χ2n) is 4.54. The number of halogens is 1. The topological polar surface area (TPSA) is 17.3 Å². The average Bonchev–Trinajstić information content (AvgIpc) is 2.84. The maximum atomic E-state index is 6.10. The van der Waals surface area contributed by atoms with Crippen LogP contribution in [0.2, 0.25) is 5.02 Å². The quantitative estimate of drug-likeness (QED) is 0.597. The number of hydrogen-bond acceptors (Lipinski definition) is 2. The molecule has 0 radical (unpaired) electrons. The Bertz CT molecular complexity index is 726. The number of aromatic nitrogens is 2. The van der Waals surface area contributed by atoms with E-state index in [2.05, 4.69) is 16.5 Å². The first-order valence-electron chi connectivity index (χ1n) is 5.91. The van der Waals surface area contributed by atoms with Crippen LogP contribution in [-0.4, -0.2) is 9.38 Å². The van der Waals surface area contributed by atoms with Gasteiger partial charge in [-0.1, -0.05) is 22.9 Å². The summed E-state index contributed by atoms with van der Waals surface area (Å²) in [7, 11) is 0. The van der Waals surface area contributed by atoms with Gasteiger partial charge in [-0.25, -0.2) is 4.98 Å². The van der Waals surface area contributed by atoms with E-state index in [4.69, 9.17) is 16.6 Å². The van der Waals surface area contributed by atoms with Crippen LogP contribution in [0.4, 0.5) is 0 Å². The molecule has 0 bridgehead atoms. The average molecular weight is 263 g/mol. The SMILES string of the molecule is Clc1ccc2sc3nc4c(n3c2c1)CCCC4. The number of rotatable bonds is 0. The normalized spacial score (nSPS) is 15.6. The minimum absolute atomic E-state index is 0.801. The van der Waals surface area contributed by atoms with Crippen molar-refractivity contribution in [1.29, 1.82) is 0 Å². The van der Waals surface area contributed by atoms with Gasteiger partial charge < -0.3 is 0 Å². The summed E-state index contributed by atoms with van der Waals surface area (Å²) in [5, 5.41) is 0.801. The van der Waals surface area contributed by atoms with Crippen molar-refractivity contribution >= 4 is 38.1 Å². The summed E-state index contributed by atoms with van der Waals surface area (Å²) in [6.45, 7) is 0. The maximum absolute atomic E-state index is 6.10. The molecule has 4 rings (SSSR count). The minimum atomic E-state index is 0.801. The van der Waals surface area contributed by atoms with Crippen molar-refractivity contribution in [1.82, 2.24) is 9.38 Å². The highest BCUT2D eigenvalue weighted by Gasteiger charge is 2.19. The van der Waals surface area contributed by atoms with E-state index < -0.39 is 0 Å². The molecule has 2 heterocycles. The third-order valence-electron chi connectivity index (χ3n) is 3.47. The van der Waals surface area contributed by atoms with Crippen LogP contribution in [0.25, 0.3) is 15.2 Å². The molecule has 17 heavy (non-hydrogen) atoms. The van der Waals surface area contributed by atoms with Gasteiger partial charge in [-0.3, -0.25) is 4.40 Å². The van der Waals surface area contributed by atoms with Gasteiger partial charge in [0.25, 0.3) is 0 Å². The molecular weight excluding hydrogens is 252 g/mol. The Morgan fingerprint density at radius 2 is 2.12 bits per heavy atom. The smallest absolute Gasteiger partial charge is 0.195 e. The lowest BCUT2D eigenvalue weighted by Gasteiger charge is -2.10. The van der Waals surface area contributed by atoms with E-state index in [0.717, 1.165) is 22.8 Å². The first kappa shape index (κ1) is 9.92. The molecule has 0 saturated heterocycles. The summed E-state index contributed by atoms with van der Waals surface area (Å²) in [4.78, 5) is 5.88. The van der Waals surface area contributed by atoms with Crippen LogP contribution in [0.1, 0.15) is 24.2 Å². The van der Waals surface area contributed by atoms with Crippen LogP contribution in [0.5, 0.6) is 0 Å². The number of hydrogen-bond donors (Lipinski definition) is 0. The van der Waals surface area contributed by atoms with E-state index in [1.807, 2.05) is 6.07 Å². The zero-order chi connectivity index (χ0) is 11.4. The van der Waals surface area contributed by atoms with Crippen LogP contribution in [0, 0.1) is 0 Å². The van der Waals surface area contributed by atoms with Gasteiger partial charge in [0.15, 0.2) is 4.96 Å². The predicted molar refractivity (Wildman–Crippen MR) is 72.2 cm³/mol. The number of fused-ring (bicyclic) bond motifs is 5. The Morgan fingerprint density at radius 1 is 1.24 bits per heavy atom. The molecule has 1 aliphatic rings. The summed E-state index contributed by atoms with van der Waals surface area (Å²) in [5.74, 6) is 0. The molecule has 4 heteroatoms. The second-order valence-corrected chi connectivity index (χ2v) is 5.99. The van der Waals surface area contributed by atoms with Gasteiger partial charge in [0.2, 0.25) is 0 Å². The third kappa shape index (κ3) is 1.36. The molecule has 0 saturated carbocycles. The third-order valence-corrected chi connectivity index (χ3v) is 4.72. The van der Waals surface area contributed by atoms with E-state index in [0.29, 0.717) is 0 Å². The number of nitrogens with zero attached hydrogens (tertiary/aromatic N) is 2. The van der Waals surface area contributed by atoms with Crippen LogP contribution >= 0.6 is 22.9 Å². The molecule has 0 fully saturated rings. The van der Waals surface area contributed by atoms with Crippen molar-refractivity contribution in [3.63, 3.8) is 0 Å². The van der Waals surface area contributed by atoms with E-state index in [1.165, 1.54) is 34.4 Å². The number of benzene rings is 1. The van der Waals surface area contributed by atoms with E-state index in [9.17, 15) is 0 Å². The summed E-state index contributed by atoms with van der Waals surface area (Å²) < 4.78 is 3.57. The van der Waals surface area contributed by atoms with Crippen LogP contribution in [-0.2, 0) is 12.8 Å². The van der Waals surface area contributed by atoms with Gasteiger partial charge >= 0.3 is 0 Å². The van der Waals surface area contributed by atoms with Crippen molar-refractivity contribution in [2.24, 2.45) is 0 Å². The summed E-state index contributed by atoms with van der Waals surface area (Å²) >= 11 is 7.85. The largest absolute Gasteiger partial charge is 0.287 e. The highest BCUT2D eigenvalue weighted by Crippen LogP contribution is 2.33.